The van der Waals surface area contributed by atoms with Gasteiger partial charge in [0, 0.05) is 55.5 Å². The lowest BCUT2D eigenvalue weighted by atomic mass is 9.56. The molecule has 7 atom stereocenters. The minimum Gasteiger partial charge on any atom is -0.456 e. The molecule has 4 heteroatoms. The van der Waals surface area contributed by atoms with Crippen molar-refractivity contribution in [1.29, 1.82) is 0 Å². The molecule has 1 spiro atoms. The molecule has 0 saturated heterocycles. The van der Waals surface area contributed by atoms with Gasteiger partial charge in [0.15, 0.2) is 0 Å². The highest BCUT2D eigenvalue weighted by molar-refractivity contribution is 6.36. The van der Waals surface area contributed by atoms with Gasteiger partial charge in [-0.3, -0.25) is 9.97 Å². The maximum atomic E-state index is 7.10. The van der Waals surface area contributed by atoms with Crippen molar-refractivity contribution in [3.63, 3.8) is 0 Å². The van der Waals surface area contributed by atoms with E-state index in [1.807, 2.05) is 0 Å². The van der Waals surface area contributed by atoms with Crippen molar-refractivity contribution in [3.05, 3.63) is 77.4 Å². The van der Waals surface area contributed by atoms with Crippen LogP contribution in [-0.2, 0) is 0 Å². The first kappa shape index (κ1) is 24.9. The zero-order valence-electron chi connectivity index (χ0n) is 27.6. The summed E-state index contributed by atoms with van der Waals surface area (Å²) >= 11 is 0. The Hall–Kier alpha value is -4.18. The summed E-state index contributed by atoms with van der Waals surface area (Å²) in [6.07, 6.45) is 18.3. The number of hydrogen-bond donors (Lipinski definition) is 0. The third kappa shape index (κ3) is 2.60. The van der Waals surface area contributed by atoms with Crippen LogP contribution < -0.4 is 0 Å². The summed E-state index contributed by atoms with van der Waals surface area (Å²) in [5.74, 6) is 6.09. The molecule has 7 bridgehead atoms. The molecule has 8 aliphatic carbocycles. The maximum absolute atomic E-state index is 7.10. The van der Waals surface area contributed by atoms with Gasteiger partial charge in [0.05, 0.1) is 28.9 Å². The van der Waals surface area contributed by atoms with E-state index in [9.17, 15) is 0 Å². The lowest BCUT2D eigenvalue weighted by molar-refractivity contribution is 0.00321. The molecule has 0 N–H and O–H groups in total. The summed E-state index contributed by atoms with van der Waals surface area (Å²) in [6.45, 7) is 0. The molecule has 5 saturated carbocycles. The molecule has 49 heavy (non-hydrogen) atoms. The standard InChI is InChI=1S/C45H37N3O/c1-3-22-4-2-6-33-35(22)29(5-1)39-34(49-33)15-30-38-31(18-46-42-24-10-20-7-21(11-24)9-23(8-20)36(38)42)48-32-19-47-43-26-13-28-14-27-12-25(16-45(27,28)17-26)37(43)40(32)41(39)44(30)48/h1-6,15,18-21,23-28H,7-14,16-17H2. The Balaban J connectivity index is 1.19. The van der Waals surface area contributed by atoms with Gasteiger partial charge in [0.1, 0.15) is 11.2 Å². The molecule has 238 valence electrons. The van der Waals surface area contributed by atoms with E-state index in [2.05, 4.69) is 59.3 Å². The average Bonchev–Trinajstić information content (AvgIpc) is 3.75. The number of nitrogens with zero attached hydrogens (tertiary/aromatic N) is 3. The van der Waals surface area contributed by atoms with Crippen LogP contribution in [0.5, 0.6) is 0 Å². The van der Waals surface area contributed by atoms with Crippen LogP contribution in [0.1, 0.15) is 110 Å². The van der Waals surface area contributed by atoms with Crippen molar-refractivity contribution in [2.75, 3.05) is 0 Å². The highest BCUT2D eigenvalue weighted by Crippen LogP contribution is 2.76. The van der Waals surface area contributed by atoms with E-state index in [0.29, 0.717) is 29.1 Å². The summed E-state index contributed by atoms with van der Waals surface area (Å²) in [7, 11) is 0. The van der Waals surface area contributed by atoms with Gasteiger partial charge in [-0.1, -0.05) is 30.3 Å². The summed E-state index contributed by atoms with van der Waals surface area (Å²) in [6, 6.07) is 15.9. The number of hydrogen-bond acceptors (Lipinski definition) is 3. The Labute approximate surface area is 283 Å². The lowest BCUT2D eigenvalue weighted by Crippen LogP contribution is -2.41. The van der Waals surface area contributed by atoms with E-state index in [0.717, 1.165) is 34.8 Å². The summed E-state index contributed by atoms with van der Waals surface area (Å²) in [5, 5.41) is 10.9. The molecule has 0 aliphatic heterocycles. The highest BCUT2D eigenvalue weighted by atomic mass is 16.3. The van der Waals surface area contributed by atoms with E-state index in [1.54, 1.807) is 11.1 Å². The molecule has 5 heterocycles. The Kier molecular flexibility index (Phi) is 3.93. The fourth-order valence-corrected chi connectivity index (χ4v) is 15.1. The van der Waals surface area contributed by atoms with Gasteiger partial charge in [-0.25, -0.2) is 0 Å². The molecule has 4 nitrogen and oxygen atoms in total. The predicted molar refractivity (Wildman–Crippen MR) is 195 cm³/mol. The quantitative estimate of drug-likeness (QED) is 0.123. The van der Waals surface area contributed by atoms with Crippen LogP contribution in [0.4, 0.5) is 0 Å². The van der Waals surface area contributed by atoms with Crippen LogP contribution in [-0.4, -0.2) is 14.4 Å². The smallest absolute Gasteiger partial charge is 0.136 e. The first-order chi connectivity index (χ1) is 24.2. The third-order valence-corrected chi connectivity index (χ3v) is 16.4. The van der Waals surface area contributed by atoms with E-state index in [4.69, 9.17) is 14.4 Å². The van der Waals surface area contributed by atoms with Gasteiger partial charge in [-0.15, -0.1) is 0 Å². The molecule has 8 aliphatic rings. The first-order valence-electron chi connectivity index (χ1n) is 19.5. The molecule has 5 fully saturated rings. The Morgan fingerprint density at radius 3 is 2.16 bits per heavy atom. The Morgan fingerprint density at radius 1 is 0.592 bits per heavy atom. The summed E-state index contributed by atoms with van der Waals surface area (Å²) in [5.41, 5.74) is 12.7. The molecule has 0 amide bonds. The molecule has 8 aromatic rings. The van der Waals surface area contributed by atoms with Crippen molar-refractivity contribution >= 4 is 70.8 Å². The Morgan fingerprint density at radius 2 is 1.31 bits per heavy atom. The van der Waals surface area contributed by atoms with E-state index in [1.165, 1.54) is 135 Å². The topological polar surface area (TPSA) is 43.3 Å². The lowest BCUT2D eigenvalue weighted by Gasteiger charge is -2.48. The van der Waals surface area contributed by atoms with Gasteiger partial charge in [0.25, 0.3) is 0 Å². The van der Waals surface area contributed by atoms with Crippen LogP contribution in [0.15, 0.2) is 59.3 Å². The van der Waals surface area contributed by atoms with Crippen LogP contribution in [0.25, 0.3) is 70.8 Å². The molecule has 5 aromatic heterocycles. The molecule has 0 radical (unpaired) electrons. The van der Waals surface area contributed by atoms with E-state index in [-0.39, 0.29) is 0 Å². The number of fused-ring (bicyclic) bond motifs is 15. The van der Waals surface area contributed by atoms with E-state index >= 15 is 0 Å². The van der Waals surface area contributed by atoms with Crippen molar-refractivity contribution in [3.8, 4) is 0 Å². The summed E-state index contributed by atoms with van der Waals surface area (Å²) in [4.78, 5) is 11.0. The fourth-order valence-electron chi connectivity index (χ4n) is 15.1. The van der Waals surface area contributed by atoms with Crippen molar-refractivity contribution in [2.45, 2.75) is 87.9 Å². The number of rotatable bonds is 0. The van der Waals surface area contributed by atoms with E-state index < -0.39 is 0 Å². The average molecular weight is 636 g/mol. The van der Waals surface area contributed by atoms with Crippen molar-refractivity contribution in [2.24, 2.45) is 29.1 Å². The highest BCUT2D eigenvalue weighted by Gasteiger charge is 2.66. The van der Waals surface area contributed by atoms with Crippen molar-refractivity contribution < 1.29 is 4.42 Å². The second-order valence-electron chi connectivity index (χ2n) is 18.2. The number of benzene rings is 3. The SMILES string of the molecule is c1cc2cccc3c2c(c1)oc1cc2c4c5c(ncc4n4c6cnc7c(c6c(c13)c24)C1CC2CC3CC7CC32C1)C1CC2CC(C1)CC5C2. The van der Waals surface area contributed by atoms with Crippen LogP contribution in [0, 0.1) is 29.1 Å². The molecule has 3 aromatic carbocycles. The van der Waals surface area contributed by atoms with Gasteiger partial charge >= 0.3 is 0 Å². The zero-order chi connectivity index (χ0) is 31.1. The Bertz CT molecular complexity index is 2860. The monoisotopic (exact) mass is 635 g/mol. The van der Waals surface area contributed by atoms with Crippen molar-refractivity contribution in [1.82, 2.24) is 14.4 Å². The maximum Gasteiger partial charge on any atom is 0.136 e. The van der Waals surface area contributed by atoms with Gasteiger partial charge < -0.3 is 8.82 Å². The van der Waals surface area contributed by atoms with Gasteiger partial charge in [0.2, 0.25) is 0 Å². The molecule has 16 rings (SSSR count). The second-order valence-corrected chi connectivity index (χ2v) is 18.2. The minimum atomic E-state index is 0.600. The van der Waals surface area contributed by atoms with Gasteiger partial charge in [-0.05, 0) is 139 Å². The third-order valence-electron chi connectivity index (χ3n) is 16.4. The van der Waals surface area contributed by atoms with Gasteiger partial charge in [-0.2, -0.15) is 0 Å². The fraction of sp³-hybridized carbons (Fsp3) is 0.422. The summed E-state index contributed by atoms with van der Waals surface area (Å²) < 4.78 is 9.74. The minimum absolute atomic E-state index is 0.600. The zero-order valence-corrected chi connectivity index (χ0v) is 27.6. The number of aromatic nitrogens is 3. The van der Waals surface area contributed by atoms with Crippen LogP contribution >= 0.6 is 0 Å². The normalized spacial score (nSPS) is 35.0. The molecular weight excluding hydrogens is 599 g/mol. The predicted octanol–water partition coefficient (Wildman–Crippen LogP) is 11.5. The second kappa shape index (κ2) is 7.75. The molecular formula is C45H37N3O. The van der Waals surface area contributed by atoms with Crippen LogP contribution in [0.3, 0.4) is 0 Å². The molecule has 7 unspecified atom stereocenters. The van der Waals surface area contributed by atoms with Crippen LogP contribution in [0.2, 0.25) is 0 Å². The first-order valence-corrected chi connectivity index (χ1v) is 19.5. The largest absolute Gasteiger partial charge is 0.456 e. The number of pyridine rings is 2.